The molecule has 1 aromatic heterocycles. The molecule has 2 aromatic carbocycles. The highest BCUT2D eigenvalue weighted by Crippen LogP contribution is 2.24. The van der Waals surface area contributed by atoms with Crippen LogP contribution in [-0.4, -0.2) is 17.2 Å². The minimum atomic E-state index is -0.764. The molecule has 0 spiro atoms. The van der Waals surface area contributed by atoms with E-state index >= 15 is 0 Å². The lowest BCUT2D eigenvalue weighted by Gasteiger charge is -2.10. The first-order valence-corrected chi connectivity index (χ1v) is 9.49. The van der Waals surface area contributed by atoms with Gasteiger partial charge < -0.3 is 14.3 Å². The lowest BCUT2D eigenvalue weighted by molar-refractivity contribution is -0.137. The summed E-state index contributed by atoms with van der Waals surface area (Å²) in [6, 6.07) is 10.8. The second-order valence-electron chi connectivity index (χ2n) is 7.05. The maximum absolute atomic E-state index is 12.9. The summed E-state index contributed by atoms with van der Waals surface area (Å²) >= 11 is 0. The van der Waals surface area contributed by atoms with Crippen LogP contribution in [0.5, 0.6) is 5.75 Å². The Morgan fingerprint density at radius 2 is 1.93 bits per heavy atom. The second-order valence-corrected chi connectivity index (χ2v) is 7.05. The molecule has 5 nitrogen and oxygen atoms in total. The fourth-order valence-electron chi connectivity index (χ4n) is 3.06. The van der Waals surface area contributed by atoms with Crippen LogP contribution >= 0.6 is 0 Å². The van der Waals surface area contributed by atoms with Crippen LogP contribution in [0.25, 0.3) is 28.0 Å². The van der Waals surface area contributed by atoms with E-state index in [1.54, 1.807) is 24.3 Å². The zero-order valence-electron chi connectivity index (χ0n) is 16.1. The fourth-order valence-corrected chi connectivity index (χ4v) is 3.06. The molecule has 0 saturated carbocycles. The van der Waals surface area contributed by atoms with Gasteiger partial charge in [-0.2, -0.15) is 0 Å². The second kappa shape index (κ2) is 8.74. The third-order valence-electron chi connectivity index (χ3n) is 4.36. The van der Waals surface area contributed by atoms with Crippen LogP contribution in [0.3, 0.4) is 0 Å². The van der Waals surface area contributed by atoms with Gasteiger partial charge in [0.25, 0.3) is 0 Å². The highest BCUT2D eigenvalue weighted by Gasteiger charge is 2.09. The molecule has 1 N–H and O–H groups in total. The molecule has 0 aliphatic rings. The van der Waals surface area contributed by atoms with Gasteiger partial charge in [0.1, 0.15) is 16.9 Å². The number of hydrogen-bond acceptors (Lipinski definition) is 4. The molecule has 0 aliphatic heterocycles. The summed E-state index contributed by atoms with van der Waals surface area (Å²) < 4.78 is 11.6. The molecule has 0 aliphatic carbocycles. The quantitative estimate of drug-likeness (QED) is 0.419. The first kappa shape index (κ1) is 19.7. The zero-order chi connectivity index (χ0) is 20.1. The number of carboxylic acids is 1. The Kier molecular flexibility index (Phi) is 6.14. The molecule has 0 atom stereocenters. The number of fused-ring (bicyclic) bond motifs is 2. The molecule has 3 aromatic rings. The van der Waals surface area contributed by atoms with Crippen LogP contribution in [0.4, 0.5) is 0 Å². The van der Waals surface area contributed by atoms with Gasteiger partial charge in [0.15, 0.2) is 0 Å². The van der Waals surface area contributed by atoms with Crippen LogP contribution in [0.1, 0.15) is 45.1 Å². The van der Waals surface area contributed by atoms with Gasteiger partial charge >= 0.3 is 5.97 Å². The number of carboxylic acid groups (broad SMARTS) is 1. The lowest BCUT2D eigenvalue weighted by Crippen LogP contribution is -2.06. The molecule has 0 saturated heterocycles. The number of allylic oxidation sites excluding steroid dienone is 1. The van der Waals surface area contributed by atoms with Crippen molar-refractivity contribution in [2.75, 3.05) is 0 Å². The van der Waals surface area contributed by atoms with Crippen LogP contribution < -0.4 is 10.2 Å². The molecule has 0 fully saturated rings. The summed E-state index contributed by atoms with van der Waals surface area (Å²) in [5.74, 6) is -0.0900. The molecule has 0 amide bonds. The first-order chi connectivity index (χ1) is 13.4. The van der Waals surface area contributed by atoms with Crippen LogP contribution in [-0.2, 0) is 4.79 Å². The van der Waals surface area contributed by atoms with E-state index in [1.807, 2.05) is 38.1 Å². The van der Waals surface area contributed by atoms with Crippen molar-refractivity contribution < 1.29 is 19.1 Å². The van der Waals surface area contributed by atoms with Gasteiger partial charge in [-0.25, -0.2) is 0 Å². The summed E-state index contributed by atoms with van der Waals surface area (Å²) in [7, 11) is 0. The number of carbonyl (C=O) groups is 1. The monoisotopic (exact) mass is 380 g/mol. The molecule has 5 heteroatoms. The van der Waals surface area contributed by atoms with Gasteiger partial charge in [-0.3, -0.25) is 9.59 Å². The number of ether oxygens (including phenoxy) is 1. The van der Waals surface area contributed by atoms with E-state index in [-0.39, 0.29) is 18.0 Å². The van der Waals surface area contributed by atoms with Crippen molar-refractivity contribution in [2.24, 2.45) is 0 Å². The van der Waals surface area contributed by atoms with Crippen molar-refractivity contribution in [3.8, 4) is 5.75 Å². The summed E-state index contributed by atoms with van der Waals surface area (Å²) in [6.45, 7) is 3.89. The Balaban J connectivity index is 1.83. The smallest absolute Gasteiger partial charge is 0.303 e. The average Bonchev–Trinajstić information content (AvgIpc) is 2.64. The van der Waals surface area contributed by atoms with E-state index in [0.29, 0.717) is 34.1 Å². The predicted octanol–water partition coefficient (Wildman–Crippen LogP) is 5.39. The van der Waals surface area contributed by atoms with Crippen molar-refractivity contribution in [1.82, 2.24) is 0 Å². The first-order valence-electron chi connectivity index (χ1n) is 9.49. The minimum Gasteiger partial charge on any atom is -0.491 e. The minimum absolute atomic E-state index is 0.0445. The Morgan fingerprint density at radius 3 is 2.68 bits per heavy atom. The van der Waals surface area contributed by atoms with E-state index in [1.165, 1.54) is 0 Å². The molecule has 0 unspecified atom stereocenters. The van der Waals surface area contributed by atoms with Gasteiger partial charge in [-0.15, -0.1) is 0 Å². The standard InChI is InChI=1S/C23H24O5/c1-15(2)27-17-10-11-18-21(14-17)28-20-12-9-16(13-19(20)23(18)26)7-5-3-4-6-8-22(24)25/h5,7,9-15H,3-4,6,8H2,1-2H3,(H,24,25). The van der Waals surface area contributed by atoms with Gasteiger partial charge in [-0.05, 0) is 62.9 Å². The Morgan fingerprint density at radius 1 is 1.11 bits per heavy atom. The van der Waals surface area contributed by atoms with Gasteiger partial charge in [0.05, 0.1) is 16.9 Å². The highest BCUT2D eigenvalue weighted by molar-refractivity contribution is 5.91. The molecular weight excluding hydrogens is 356 g/mol. The zero-order valence-corrected chi connectivity index (χ0v) is 16.1. The molecular formula is C23H24O5. The SMILES string of the molecule is CC(C)Oc1ccc2c(=O)c3cc(C=CCCCCC(=O)O)ccc3oc2c1. The van der Waals surface area contributed by atoms with E-state index in [0.717, 1.165) is 18.4 Å². The van der Waals surface area contributed by atoms with E-state index < -0.39 is 5.97 Å². The third-order valence-corrected chi connectivity index (χ3v) is 4.36. The summed E-state index contributed by atoms with van der Waals surface area (Å²) in [5.41, 5.74) is 1.90. The van der Waals surface area contributed by atoms with Crippen LogP contribution in [0.15, 0.2) is 51.7 Å². The summed E-state index contributed by atoms with van der Waals surface area (Å²) in [6.07, 6.45) is 6.48. The third kappa shape index (κ3) is 4.80. The maximum Gasteiger partial charge on any atom is 0.303 e. The maximum atomic E-state index is 12.9. The van der Waals surface area contributed by atoms with E-state index in [4.69, 9.17) is 14.3 Å². The predicted molar refractivity (Wildman–Crippen MR) is 111 cm³/mol. The Hall–Kier alpha value is -3.08. The average molecular weight is 380 g/mol. The summed E-state index contributed by atoms with van der Waals surface area (Å²) in [5, 5.41) is 9.71. The lowest BCUT2D eigenvalue weighted by atomic mass is 10.1. The Labute approximate surface area is 163 Å². The van der Waals surface area contributed by atoms with Crippen LogP contribution in [0.2, 0.25) is 0 Å². The topological polar surface area (TPSA) is 76.7 Å². The molecule has 0 bridgehead atoms. The van der Waals surface area contributed by atoms with Crippen molar-refractivity contribution in [3.05, 3.63) is 58.3 Å². The van der Waals surface area contributed by atoms with E-state index in [2.05, 4.69) is 0 Å². The molecule has 1 heterocycles. The Bertz CT molecular complexity index is 1080. The van der Waals surface area contributed by atoms with Crippen molar-refractivity contribution in [2.45, 2.75) is 45.6 Å². The normalized spacial score (nSPS) is 11.7. The number of unbranched alkanes of at least 4 members (excludes halogenated alkanes) is 2. The van der Waals surface area contributed by atoms with Crippen molar-refractivity contribution in [1.29, 1.82) is 0 Å². The van der Waals surface area contributed by atoms with Crippen LogP contribution in [0, 0.1) is 0 Å². The summed E-state index contributed by atoms with van der Waals surface area (Å²) in [4.78, 5) is 23.4. The number of aliphatic carboxylic acids is 1. The van der Waals surface area contributed by atoms with Crippen molar-refractivity contribution in [3.63, 3.8) is 0 Å². The molecule has 0 radical (unpaired) electrons. The number of benzene rings is 2. The largest absolute Gasteiger partial charge is 0.491 e. The van der Waals surface area contributed by atoms with Gasteiger partial charge in [0.2, 0.25) is 5.43 Å². The molecule has 3 rings (SSSR count). The van der Waals surface area contributed by atoms with Crippen molar-refractivity contribution >= 4 is 34.0 Å². The highest BCUT2D eigenvalue weighted by atomic mass is 16.5. The molecule has 146 valence electrons. The van der Waals surface area contributed by atoms with Gasteiger partial charge in [0, 0.05) is 12.5 Å². The van der Waals surface area contributed by atoms with E-state index in [9.17, 15) is 9.59 Å². The van der Waals surface area contributed by atoms with Gasteiger partial charge in [-0.1, -0.05) is 18.2 Å². The number of rotatable bonds is 8. The fraction of sp³-hybridized carbons (Fsp3) is 0.304. The molecule has 28 heavy (non-hydrogen) atoms. The number of hydrogen-bond donors (Lipinski definition) is 1.